The van der Waals surface area contributed by atoms with Gasteiger partial charge in [-0.3, -0.25) is 9.59 Å². The quantitative estimate of drug-likeness (QED) is 0.461. The minimum atomic E-state index is -0.177. The minimum Gasteiger partial charge on any atom is -0.489 e. The molecule has 0 unspecified atom stereocenters. The van der Waals surface area contributed by atoms with E-state index in [-0.39, 0.29) is 22.7 Å². The second kappa shape index (κ2) is 9.17. The highest BCUT2D eigenvalue weighted by atomic mass is 32.1. The molecule has 0 spiro atoms. The van der Waals surface area contributed by atoms with Crippen molar-refractivity contribution < 1.29 is 9.53 Å². The average molecular weight is 461 g/mol. The van der Waals surface area contributed by atoms with E-state index in [0.29, 0.717) is 24.5 Å². The van der Waals surface area contributed by atoms with Gasteiger partial charge in [-0.15, -0.1) is 0 Å². The van der Waals surface area contributed by atoms with Crippen molar-refractivity contribution in [2.45, 2.75) is 18.6 Å². The topological polar surface area (TPSA) is 87.3 Å². The number of likely N-dealkylation sites (tertiary alicyclic amines) is 1. The van der Waals surface area contributed by atoms with Crippen molar-refractivity contribution >= 4 is 28.0 Å². The van der Waals surface area contributed by atoms with Crippen LogP contribution in [-0.4, -0.2) is 47.2 Å². The lowest BCUT2D eigenvalue weighted by Crippen LogP contribution is -2.39. The number of rotatable bonds is 6. The van der Waals surface area contributed by atoms with E-state index < -0.39 is 0 Å². The first-order valence-corrected chi connectivity index (χ1v) is 11.6. The summed E-state index contributed by atoms with van der Waals surface area (Å²) in [5.41, 5.74) is 1.66. The number of aromatic amines is 1. The van der Waals surface area contributed by atoms with Crippen LogP contribution in [0.2, 0.25) is 0 Å². The molecule has 4 aromatic rings. The van der Waals surface area contributed by atoms with E-state index in [9.17, 15) is 9.59 Å². The molecule has 8 heteroatoms. The molecule has 0 aliphatic carbocycles. The predicted molar refractivity (Wildman–Crippen MR) is 129 cm³/mol. The first kappa shape index (κ1) is 21.4. The molecule has 7 nitrogen and oxygen atoms in total. The molecule has 1 aliphatic rings. The van der Waals surface area contributed by atoms with Crippen LogP contribution >= 0.6 is 11.3 Å². The van der Waals surface area contributed by atoms with Gasteiger partial charge in [-0.05, 0) is 53.7 Å². The number of carbonyl (C=O) groups is 1. The standard InChI is InChI=1S/C25H24N4O3S/c1-29-13-21(24-27-28-25(31)33-24)22(14-29)26-23(30)18-8-10-20(11-9-18)32-15-16-6-7-17-4-2-3-5-19(17)12-16/h2-12,21-22H,13-15H2,1H3,(H,26,30)(H,28,31)/t21-,22+/m0/s1. The van der Waals surface area contributed by atoms with Crippen molar-refractivity contribution in [3.05, 3.63) is 92.5 Å². The van der Waals surface area contributed by atoms with Gasteiger partial charge in [0.15, 0.2) is 0 Å². The van der Waals surface area contributed by atoms with Gasteiger partial charge in [-0.2, -0.15) is 5.10 Å². The highest BCUT2D eigenvalue weighted by Crippen LogP contribution is 2.27. The number of hydrogen-bond donors (Lipinski definition) is 2. The summed E-state index contributed by atoms with van der Waals surface area (Å²) in [6.45, 7) is 1.91. The molecule has 3 aromatic carbocycles. The molecule has 33 heavy (non-hydrogen) atoms. The molecule has 0 bridgehead atoms. The first-order valence-electron chi connectivity index (χ1n) is 10.8. The number of aromatic nitrogens is 2. The number of ether oxygens (including phenoxy) is 1. The molecule has 1 aromatic heterocycles. The second-order valence-electron chi connectivity index (χ2n) is 8.35. The molecule has 0 saturated carbocycles. The molecule has 1 saturated heterocycles. The van der Waals surface area contributed by atoms with Gasteiger partial charge in [0.25, 0.3) is 5.91 Å². The van der Waals surface area contributed by atoms with Gasteiger partial charge < -0.3 is 15.0 Å². The van der Waals surface area contributed by atoms with Gasteiger partial charge in [-0.1, -0.05) is 47.7 Å². The Hall–Kier alpha value is -3.49. The van der Waals surface area contributed by atoms with Gasteiger partial charge in [0.05, 0.1) is 6.04 Å². The van der Waals surface area contributed by atoms with Crippen molar-refractivity contribution in [3.8, 4) is 5.75 Å². The third-order valence-electron chi connectivity index (χ3n) is 5.93. The van der Waals surface area contributed by atoms with Gasteiger partial charge in [0, 0.05) is 24.6 Å². The van der Waals surface area contributed by atoms with Crippen molar-refractivity contribution in [2.75, 3.05) is 20.1 Å². The zero-order valence-electron chi connectivity index (χ0n) is 18.2. The maximum absolute atomic E-state index is 12.8. The number of nitrogens with one attached hydrogen (secondary N) is 2. The zero-order valence-corrected chi connectivity index (χ0v) is 19.0. The van der Waals surface area contributed by atoms with Crippen molar-refractivity contribution in [2.24, 2.45) is 0 Å². The molecule has 1 fully saturated rings. The third-order valence-corrected chi connectivity index (χ3v) is 6.81. The summed E-state index contributed by atoms with van der Waals surface area (Å²) in [5, 5.41) is 12.8. The van der Waals surface area contributed by atoms with Crippen LogP contribution in [0.4, 0.5) is 0 Å². The summed E-state index contributed by atoms with van der Waals surface area (Å²) in [5.74, 6) is 0.552. The fourth-order valence-corrected chi connectivity index (χ4v) is 5.01. The Bertz CT molecular complexity index is 1330. The van der Waals surface area contributed by atoms with Crippen LogP contribution in [-0.2, 0) is 6.61 Å². The number of H-pyrrole nitrogens is 1. The SMILES string of the molecule is CN1C[C@H](c2n[nH]c(=O)s2)[C@H](NC(=O)c2ccc(OCc3ccc4ccccc4c3)cc2)C1. The fraction of sp³-hybridized carbons (Fsp3) is 0.240. The summed E-state index contributed by atoms with van der Waals surface area (Å²) in [4.78, 5) is 26.3. The molecule has 0 radical (unpaired) electrons. The lowest BCUT2D eigenvalue weighted by Gasteiger charge is -2.18. The van der Waals surface area contributed by atoms with Crippen LogP contribution < -0.4 is 14.9 Å². The van der Waals surface area contributed by atoms with Crippen LogP contribution in [0.15, 0.2) is 71.5 Å². The Labute approximate surface area is 195 Å². The number of benzene rings is 3. The van der Waals surface area contributed by atoms with E-state index in [0.717, 1.165) is 28.5 Å². The van der Waals surface area contributed by atoms with Crippen LogP contribution in [0.25, 0.3) is 10.8 Å². The van der Waals surface area contributed by atoms with E-state index in [1.54, 1.807) is 12.1 Å². The van der Waals surface area contributed by atoms with E-state index >= 15 is 0 Å². The molecule has 1 amide bonds. The Balaban J connectivity index is 1.21. The molecule has 168 valence electrons. The molecular weight excluding hydrogens is 436 g/mol. The summed E-state index contributed by atoms with van der Waals surface area (Å²) in [7, 11) is 2.00. The lowest BCUT2D eigenvalue weighted by molar-refractivity contribution is 0.0935. The van der Waals surface area contributed by atoms with E-state index in [2.05, 4.69) is 50.7 Å². The zero-order chi connectivity index (χ0) is 22.8. The lowest BCUT2D eigenvalue weighted by atomic mass is 10.0. The fourth-order valence-electron chi connectivity index (χ4n) is 4.25. The number of hydrogen-bond acceptors (Lipinski definition) is 6. The number of fused-ring (bicyclic) bond motifs is 1. The number of likely N-dealkylation sites (N-methyl/N-ethyl adjacent to an activating group) is 1. The highest BCUT2D eigenvalue weighted by Gasteiger charge is 2.35. The smallest absolute Gasteiger partial charge is 0.322 e. The van der Waals surface area contributed by atoms with Crippen molar-refractivity contribution in [3.63, 3.8) is 0 Å². The van der Waals surface area contributed by atoms with Crippen LogP contribution in [0.3, 0.4) is 0 Å². The van der Waals surface area contributed by atoms with E-state index in [1.807, 2.05) is 31.3 Å². The minimum absolute atomic E-state index is 0.00698. The maximum Gasteiger partial charge on any atom is 0.322 e. The molecular formula is C25H24N4O3S. The van der Waals surface area contributed by atoms with Gasteiger partial charge >= 0.3 is 4.87 Å². The van der Waals surface area contributed by atoms with E-state index in [4.69, 9.17) is 4.74 Å². The summed E-state index contributed by atoms with van der Waals surface area (Å²) < 4.78 is 5.92. The highest BCUT2D eigenvalue weighted by molar-refractivity contribution is 7.08. The number of nitrogens with zero attached hydrogens (tertiary/aromatic N) is 2. The van der Waals surface area contributed by atoms with Gasteiger partial charge in [-0.25, -0.2) is 5.10 Å². The van der Waals surface area contributed by atoms with E-state index in [1.165, 1.54) is 10.8 Å². The normalized spacial score (nSPS) is 18.5. The number of amides is 1. The average Bonchev–Trinajstić information content (AvgIpc) is 3.42. The molecule has 2 N–H and O–H groups in total. The van der Waals surface area contributed by atoms with Crippen molar-refractivity contribution in [1.29, 1.82) is 0 Å². The molecule has 5 rings (SSSR count). The predicted octanol–water partition coefficient (Wildman–Crippen LogP) is 3.39. The summed E-state index contributed by atoms with van der Waals surface area (Å²) in [6, 6.07) is 21.6. The third kappa shape index (κ3) is 4.81. The van der Waals surface area contributed by atoms with Crippen LogP contribution in [0.5, 0.6) is 5.75 Å². The van der Waals surface area contributed by atoms with Crippen LogP contribution in [0.1, 0.15) is 26.8 Å². The number of carbonyl (C=O) groups excluding carboxylic acids is 1. The summed E-state index contributed by atoms with van der Waals surface area (Å²) >= 11 is 1.10. The van der Waals surface area contributed by atoms with Crippen molar-refractivity contribution in [1.82, 2.24) is 20.4 Å². The second-order valence-corrected chi connectivity index (χ2v) is 9.35. The van der Waals surface area contributed by atoms with Gasteiger partial charge in [0.1, 0.15) is 17.4 Å². The Kier molecular flexibility index (Phi) is 5.93. The molecule has 1 aliphatic heterocycles. The monoisotopic (exact) mass is 460 g/mol. The molecule has 2 atom stereocenters. The maximum atomic E-state index is 12.8. The first-order chi connectivity index (χ1) is 16.0. The Morgan fingerprint density at radius 1 is 1.12 bits per heavy atom. The largest absolute Gasteiger partial charge is 0.489 e. The molecule has 2 heterocycles. The van der Waals surface area contributed by atoms with Crippen LogP contribution in [0, 0.1) is 0 Å². The Morgan fingerprint density at radius 3 is 2.67 bits per heavy atom. The van der Waals surface area contributed by atoms with Gasteiger partial charge in [0.2, 0.25) is 0 Å². The summed E-state index contributed by atoms with van der Waals surface area (Å²) in [6.07, 6.45) is 0. The Morgan fingerprint density at radius 2 is 1.91 bits per heavy atom.